The second kappa shape index (κ2) is 7.99. The zero-order valence-corrected chi connectivity index (χ0v) is 15.6. The van der Waals surface area contributed by atoms with E-state index in [0.717, 1.165) is 37.4 Å². The van der Waals surface area contributed by atoms with Crippen LogP contribution in [0.25, 0.3) is 0 Å². The number of likely N-dealkylation sites (tertiary alicyclic amines) is 1. The van der Waals surface area contributed by atoms with Crippen molar-refractivity contribution in [3.63, 3.8) is 0 Å². The molecule has 1 aromatic heterocycles. The maximum Gasteiger partial charge on any atom is 0.161 e. The average Bonchev–Trinajstić information content (AvgIpc) is 3.24. The minimum atomic E-state index is 0.432. The molecule has 2 aromatic rings. The molecule has 1 aliphatic rings. The van der Waals surface area contributed by atoms with Crippen LogP contribution >= 0.6 is 11.3 Å². The van der Waals surface area contributed by atoms with Gasteiger partial charge in [-0.25, -0.2) is 4.98 Å². The van der Waals surface area contributed by atoms with E-state index in [0.29, 0.717) is 6.04 Å². The maximum absolute atomic E-state index is 5.47. The molecule has 1 aliphatic heterocycles. The summed E-state index contributed by atoms with van der Waals surface area (Å²) in [5.41, 5.74) is 2.50. The fourth-order valence-corrected chi connectivity index (χ4v) is 4.30. The van der Waals surface area contributed by atoms with Gasteiger partial charge in [-0.2, -0.15) is 0 Å². The van der Waals surface area contributed by atoms with Gasteiger partial charge in [0.15, 0.2) is 11.5 Å². The number of nitrogens with zero attached hydrogens (tertiary/aromatic N) is 2. The van der Waals surface area contributed by atoms with Crippen LogP contribution in [0.15, 0.2) is 23.6 Å². The van der Waals surface area contributed by atoms with E-state index in [1.807, 2.05) is 6.07 Å². The molecule has 3 rings (SSSR count). The Morgan fingerprint density at radius 1 is 1.25 bits per heavy atom. The van der Waals surface area contributed by atoms with Crippen molar-refractivity contribution in [3.8, 4) is 11.5 Å². The first-order chi connectivity index (χ1) is 11.7. The number of benzene rings is 1. The zero-order chi connectivity index (χ0) is 16.9. The van der Waals surface area contributed by atoms with Crippen LogP contribution in [0.3, 0.4) is 0 Å². The Hall–Kier alpha value is -1.59. The maximum atomic E-state index is 5.47. The summed E-state index contributed by atoms with van der Waals surface area (Å²) in [5, 5.41) is 3.48. The molecule has 0 spiro atoms. The Balaban J connectivity index is 1.75. The number of ether oxygens (including phenoxy) is 2. The van der Waals surface area contributed by atoms with Crippen LogP contribution in [0.4, 0.5) is 0 Å². The van der Waals surface area contributed by atoms with E-state index in [-0.39, 0.29) is 0 Å². The van der Waals surface area contributed by atoms with Crippen molar-refractivity contribution in [1.29, 1.82) is 0 Å². The smallest absolute Gasteiger partial charge is 0.161 e. The van der Waals surface area contributed by atoms with Crippen LogP contribution in [0.2, 0.25) is 0 Å². The van der Waals surface area contributed by atoms with E-state index >= 15 is 0 Å². The van der Waals surface area contributed by atoms with Crippen molar-refractivity contribution >= 4 is 11.3 Å². The Labute approximate surface area is 148 Å². The highest BCUT2D eigenvalue weighted by atomic mass is 32.1. The van der Waals surface area contributed by atoms with Gasteiger partial charge in [-0.1, -0.05) is 13.0 Å². The van der Waals surface area contributed by atoms with Gasteiger partial charge in [-0.3, -0.25) is 4.90 Å². The summed E-state index contributed by atoms with van der Waals surface area (Å²) in [6, 6.07) is 6.72. The Kier molecular flexibility index (Phi) is 5.74. The topological polar surface area (TPSA) is 34.6 Å². The van der Waals surface area contributed by atoms with Crippen LogP contribution < -0.4 is 9.47 Å². The standard InChI is InChI=1S/C19H26N2O2S/c1-4-6-19-20-15(13-24-19)12-21-10-5-7-16(21)14-8-9-17(22-2)18(11-14)23-3/h8-9,11,13,16H,4-7,10,12H2,1-3H3. The van der Waals surface area contributed by atoms with Crippen molar-refractivity contribution in [1.82, 2.24) is 9.88 Å². The Bertz CT molecular complexity index is 671. The number of methoxy groups -OCH3 is 2. The lowest BCUT2D eigenvalue weighted by molar-refractivity contribution is 0.245. The molecule has 0 bridgehead atoms. The van der Waals surface area contributed by atoms with Crippen LogP contribution in [-0.2, 0) is 13.0 Å². The summed E-state index contributed by atoms with van der Waals surface area (Å²) in [7, 11) is 3.37. The van der Waals surface area contributed by atoms with Gasteiger partial charge in [0.2, 0.25) is 0 Å². The van der Waals surface area contributed by atoms with Gasteiger partial charge in [-0.15, -0.1) is 11.3 Å². The monoisotopic (exact) mass is 346 g/mol. The number of aryl methyl sites for hydroxylation is 1. The summed E-state index contributed by atoms with van der Waals surface area (Å²) in [6.45, 7) is 4.26. The lowest BCUT2D eigenvalue weighted by Gasteiger charge is -2.24. The highest BCUT2D eigenvalue weighted by molar-refractivity contribution is 7.09. The second-order valence-corrected chi connectivity index (χ2v) is 7.17. The van der Waals surface area contributed by atoms with Gasteiger partial charge in [0, 0.05) is 18.0 Å². The van der Waals surface area contributed by atoms with Crippen LogP contribution in [0, 0.1) is 0 Å². The fraction of sp³-hybridized carbons (Fsp3) is 0.526. The van der Waals surface area contributed by atoms with E-state index in [2.05, 4.69) is 29.3 Å². The number of rotatable bonds is 7. The third-order valence-corrected chi connectivity index (χ3v) is 5.54. The molecule has 0 saturated carbocycles. The Morgan fingerprint density at radius 2 is 2.08 bits per heavy atom. The molecule has 2 heterocycles. The SMILES string of the molecule is CCCc1nc(CN2CCCC2c2ccc(OC)c(OC)c2)cs1. The predicted molar refractivity (Wildman–Crippen MR) is 98.0 cm³/mol. The number of aromatic nitrogens is 1. The van der Waals surface area contributed by atoms with Gasteiger partial charge in [-0.05, 0) is 49.9 Å². The largest absolute Gasteiger partial charge is 0.493 e. The third-order valence-electron chi connectivity index (χ3n) is 4.58. The molecule has 5 heteroatoms. The van der Waals surface area contributed by atoms with Crippen LogP contribution in [0.1, 0.15) is 48.5 Å². The van der Waals surface area contributed by atoms with Crippen molar-refractivity contribution in [2.24, 2.45) is 0 Å². The first kappa shape index (κ1) is 17.2. The molecular weight excluding hydrogens is 320 g/mol. The van der Waals surface area contributed by atoms with Crippen molar-refractivity contribution in [3.05, 3.63) is 39.8 Å². The van der Waals surface area contributed by atoms with Crippen molar-refractivity contribution in [2.75, 3.05) is 20.8 Å². The summed E-state index contributed by atoms with van der Waals surface area (Å²) in [5.74, 6) is 1.59. The molecule has 130 valence electrons. The summed E-state index contributed by atoms with van der Waals surface area (Å²) in [6.07, 6.45) is 4.65. The first-order valence-corrected chi connectivity index (χ1v) is 9.52. The normalized spacial score (nSPS) is 18.0. The molecular formula is C19H26N2O2S. The van der Waals surface area contributed by atoms with Crippen molar-refractivity contribution in [2.45, 2.75) is 45.2 Å². The minimum Gasteiger partial charge on any atom is -0.493 e. The molecule has 0 radical (unpaired) electrons. The average molecular weight is 346 g/mol. The van der Waals surface area contributed by atoms with E-state index in [1.165, 1.54) is 29.1 Å². The lowest BCUT2D eigenvalue weighted by atomic mass is 10.0. The molecule has 1 saturated heterocycles. The summed E-state index contributed by atoms with van der Waals surface area (Å²) >= 11 is 1.79. The van der Waals surface area contributed by atoms with Gasteiger partial charge in [0.25, 0.3) is 0 Å². The van der Waals surface area contributed by atoms with Crippen LogP contribution in [-0.4, -0.2) is 30.6 Å². The molecule has 1 atom stereocenters. The summed E-state index contributed by atoms with van der Waals surface area (Å²) < 4.78 is 10.8. The van der Waals surface area contributed by atoms with Gasteiger partial charge < -0.3 is 9.47 Å². The molecule has 24 heavy (non-hydrogen) atoms. The quantitative estimate of drug-likeness (QED) is 0.742. The second-order valence-electron chi connectivity index (χ2n) is 6.23. The highest BCUT2D eigenvalue weighted by Crippen LogP contribution is 2.37. The molecule has 0 amide bonds. The highest BCUT2D eigenvalue weighted by Gasteiger charge is 2.27. The number of hydrogen-bond donors (Lipinski definition) is 0. The van der Waals surface area contributed by atoms with E-state index in [4.69, 9.17) is 14.5 Å². The van der Waals surface area contributed by atoms with E-state index in [9.17, 15) is 0 Å². The first-order valence-electron chi connectivity index (χ1n) is 8.64. The molecule has 1 unspecified atom stereocenters. The van der Waals surface area contributed by atoms with Crippen LogP contribution in [0.5, 0.6) is 11.5 Å². The summed E-state index contributed by atoms with van der Waals surface area (Å²) in [4.78, 5) is 7.32. The van der Waals surface area contributed by atoms with E-state index in [1.54, 1.807) is 25.6 Å². The molecule has 0 N–H and O–H groups in total. The zero-order valence-electron chi connectivity index (χ0n) is 14.7. The van der Waals surface area contributed by atoms with E-state index < -0.39 is 0 Å². The van der Waals surface area contributed by atoms with Gasteiger partial charge in [0.05, 0.1) is 24.9 Å². The molecule has 1 aromatic carbocycles. The number of hydrogen-bond acceptors (Lipinski definition) is 5. The molecule has 4 nitrogen and oxygen atoms in total. The predicted octanol–water partition coefficient (Wildman–Crippen LogP) is 4.45. The Morgan fingerprint density at radius 3 is 2.83 bits per heavy atom. The third kappa shape index (κ3) is 3.73. The minimum absolute atomic E-state index is 0.432. The fourth-order valence-electron chi connectivity index (χ4n) is 3.41. The molecule has 1 fully saturated rings. The molecule has 0 aliphatic carbocycles. The lowest BCUT2D eigenvalue weighted by Crippen LogP contribution is -2.23. The van der Waals surface area contributed by atoms with Crippen molar-refractivity contribution < 1.29 is 9.47 Å². The van der Waals surface area contributed by atoms with Gasteiger partial charge in [0.1, 0.15) is 0 Å². The number of thiazole rings is 1. The van der Waals surface area contributed by atoms with Gasteiger partial charge >= 0.3 is 0 Å².